The fourth-order valence-corrected chi connectivity index (χ4v) is 1.36. The van der Waals surface area contributed by atoms with Gasteiger partial charge in [-0.3, -0.25) is 4.79 Å². The summed E-state index contributed by atoms with van der Waals surface area (Å²) in [5, 5.41) is 0. The minimum atomic E-state index is 0.147. The topological polar surface area (TPSA) is 62.1 Å². The molecule has 0 fully saturated rings. The minimum absolute atomic E-state index is 0.147. The molecule has 1 heterocycles. The van der Waals surface area contributed by atoms with E-state index in [9.17, 15) is 4.79 Å². The highest BCUT2D eigenvalue weighted by Crippen LogP contribution is 2.06. The third-order valence-corrected chi connectivity index (χ3v) is 2.43. The molecule has 1 amide bonds. The normalized spacial score (nSPS) is 12.5. The van der Waals surface area contributed by atoms with E-state index in [2.05, 4.69) is 4.98 Å². The smallest absolute Gasteiger partial charge is 0.222 e. The maximum Gasteiger partial charge on any atom is 0.222 e. The molecule has 0 radical (unpaired) electrons. The fourth-order valence-electron chi connectivity index (χ4n) is 1.36. The van der Waals surface area contributed by atoms with Gasteiger partial charge in [-0.2, -0.15) is 0 Å². The van der Waals surface area contributed by atoms with Crippen LogP contribution in [-0.2, 0) is 11.3 Å². The Hall–Kier alpha value is -1.29. The Morgan fingerprint density at radius 3 is 2.93 bits per heavy atom. The van der Waals surface area contributed by atoms with Gasteiger partial charge in [0.2, 0.25) is 5.91 Å². The zero-order valence-electron chi connectivity index (χ0n) is 9.36. The molecule has 0 aliphatic rings. The van der Waals surface area contributed by atoms with E-state index in [0.717, 1.165) is 5.56 Å². The van der Waals surface area contributed by atoms with E-state index in [0.29, 0.717) is 19.5 Å². The highest BCUT2D eigenvalue weighted by atomic mass is 16.2. The Bertz CT molecular complexity index is 295. The van der Waals surface area contributed by atoms with Gasteiger partial charge in [-0.25, -0.2) is 0 Å². The van der Waals surface area contributed by atoms with E-state index in [1.165, 1.54) is 0 Å². The number of amides is 1. The molecule has 15 heavy (non-hydrogen) atoms. The van der Waals surface area contributed by atoms with E-state index in [1.54, 1.807) is 4.90 Å². The van der Waals surface area contributed by atoms with Crippen molar-refractivity contribution in [2.45, 2.75) is 19.9 Å². The largest absolute Gasteiger partial charge is 0.367 e. The average molecular weight is 209 g/mol. The summed E-state index contributed by atoms with van der Waals surface area (Å²) < 4.78 is 0. The van der Waals surface area contributed by atoms with Crippen LogP contribution in [0.3, 0.4) is 0 Å². The minimum Gasteiger partial charge on any atom is -0.367 e. The van der Waals surface area contributed by atoms with Crippen LogP contribution in [0.4, 0.5) is 0 Å². The maximum absolute atomic E-state index is 11.7. The molecule has 0 spiro atoms. The van der Waals surface area contributed by atoms with Crippen LogP contribution in [0.1, 0.15) is 18.9 Å². The van der Waals surface area contributed by atoms with Crippen molar-refractivity contribution >= 4 is 5.91 Å². The Kier molecular flexibility index (Phi) is 4.37. The van der Waals surface area contributed by atoms with Gasteiger partial charge in [0.05, 0.1) is 0 Å². The predicted octanol–water partition coefficient (Wildman–Crippen LogP) is 0.958. The lowest BCUT2D eigenvalue weighted by Gasteiger charge is -2.18. The van der Waals surface area contributed by atoms with E-state index >= 15 is 0 Å². The standard InChI is InChI=1S/C11H19N3O/c1-9(6-12)5-11(15)14(2)8-10-3-4-13-7-10/h3-4,7,9,13H,5-6,8,12H2,1-2H3. The molecule has 4 nitrogen and oxygen atoms in total. The number of nitrogens with two attached hydrogens (primary N) is 1. The summed E-state index contributed by atoms with van der Waals surface area (Å²) >= 11 is 0. The Morgan fingerprint density at radius 1 is 1.67 bits per heavy atom. The summed E-state index contributed by atoms with van der Waals surface area (Å²) in [6.45, 7) is 3.20. The Morgan fingerprint density at radius 2 is 2.40 bits per heavy atom. The number of rotatable bonds is 5. The van der Waals surface area contributed by atoms with Crippen LogP contribution in [0, 0.1) is 5.92 Å². The molecule has 0 bridgehead atoms. The number of hydrogen-bond acceptors (Lipinski definition) is 2. The highest BCUT2D eigenvalue weighted by Gasteiger charge is 2.12. The zero-order chi connectivity index (χ0) is 11.3. The molecule has 1 rings (SSSR count). The maximum atomic E-state index is 11.7. The first-order valence-corrected chi connectivity index (χ1v) is 5.19. The summed E-state index contributed by atoms with van der Waals surface area (Å²) in [7, 11) is 1.82. The first-order chi connectivity index (χ1) is 7.13. The molecule has 4 heteroatoms. The van der Waals surface area contributed by atoms with Gasteiger partial charge >= 0.3 is 0 Å². The predicted molar refractivity (Wildman–Crippen MR) is 60.1 cm³/mol. The van der Waals surface area contributed by atoms with Gasteiger partial charge in [-0.15, -0.1) is 0 Å². The van der Waals surface area contributed by atoms with E-state index in [4.69, 9.17) is 5.73 Å². The van der Waals surface area contributed by atoms with Crippen molar-refractivity contribution < 1.29 is 4.79 Å². The van der Waals surface area contributed by atoms with Crippen molar-refractivity contribution in [3.8, 4) is 0 Å². The van der Waals surface area contributed by atoms with Gasteiger partial charge in [0.15, 0.2) is 0 Å². The number of hydrogen-bond donors (Lipinski definition) is 2. The molecule has 0 aromatic carbocycles. The van der Waals surface area contributed by atoms with Crippen molar-refractivity contribution in [3.05, 3.63) is 24.0 Å². The Balaban J connectivity index is 2.40. The quantitative estimate of drug-likeness (QED) is 0.758. The summed E-state index contributed by atoms with van der Waals surface area (Å²) in [6.07, 6.45) is 4.28. The SMILES string of the molecule is CC(CN)CC(=O)N(C)Cc1cc[nH]c1. The van der Waals surface area contributed by atoms with Crippen LogP contribution in [0.5, 0.6) is 0 Å². The lowest BCUT2D eigenvalue weighted by molar-refractivity contribution is -0.131. The van der Waals surface area contributed by atoms with Crippen molar-refractivity contribution in [1.29, 1.82) is 0 Å². The number of carbonyl (C=O) groups is 1. The molecule has 0 saturated heterocycles. The number of aromatic amines is 1. The molecule has 1 aromatic rings. The second-order valence-electron chi connectivity index (χ2n) is 4.01. The van der Waals surface area contributed by atoms with Crippen LogP contribution < -0.4 is 5.73 Å². The molecule has 1 atom stereocenters. The molecule has 0 aliphatic heterocycles. The number of nitrogens with one attached hydrogen (secondary N) is 1. The molecule has 0 aliphatic carbocycles. The Labute approximate surface area is 90.5 Å². The van der Waals surface area contributed by atoms with Gasteiger partial charge in [0.25, 0.3) is 0 Å². The molecule has 0 saturated carbocycles. The summed E-state index contributed by atoms with van der Waals surface area (Å²) in [4.78, 5) is 16.4. The van der Waals surface area contributed by atoms with Crippen molar-refractivity contribution in [2.75, 3.05) is 13.6 Å². The lowest BCUT2D eigenvalue weighted by Crippen LogP contribution is -2.29. The van der Waals surface area contributed by atoms with Gasteiger partial charge in [0, 0.05) is 32.4 Å². The van der Waals surface area contributed by atoms with Crippen molar-refractivity contribution in [2.24, 2.45) is 11.7 Å². The molecule has 3 N–H and O–H groups in total. The number of carbonyl (C=O) groups excluding carboxylic acids is 1. The second kappa shape index (κ2) is 5.56. The summed E-state index contributed by atoms with van der Waals surface area (Å²) in [6, 6.07) is 1.97. The number of H-pyrrole nitrogens is 1. The number of aromatic nitrogens is 1. The van der Waals surface area contributed by atoms with E-state index in [1.807, 2.05) is 32.4 Å². The van der Waals surface area contributed by atoms with Gasteiger partial charge in [-0.1, -0.05) is 6.92 Å². The molecule has 84 valence electrons. The fraction of sp³-hybridized carbons (Fsp3) is 0.545. The molecule has 1 unspecified atom stereocenters. The van der Waals surface area contributed by atoms with Gasteiger partial charge < -0.3 is 15.6 Å². The van der Waals surface area contributed by atoms with Crippen molar-refractivity contribution in [1.82, 2.24) is 9.88 Å². The van der Waals surface area contributed by atoms with Gasteiger partial charge in [0.1, 0.15) is 0 Å². The monoisotopic (exact) mass is 209 g/mol. The van der Waals surface area contributed by atoms with Crippen LogP contribution >= 0.6 is 0 Å². The van der Waals surface area contributed by atoms with E-state index < -0.39 is 0 Å². The highest BCUT2D eigenvalue weighted by molar-refractivity contribution is 5.76. The lowest BCUT2D eigenvalue weighted by atomic mass is 10.1. The molecular weight excluding hydrogens is 190 g/mol. The third kappa shape index (κ3) is 3.75. The average Bonchev–Trinajstić information content (AvgIpc) is 2.70. The zero-order valence-corrected chi connectivity index (χ0v) is 9.36. The molecule has 1 aromatic heterocycles. The van der Waals surface area contributed by atoms with Crippen LogP contribution in [-0.4, -0.2) is 29.4 Å². The third-order valence-electron chi connectivity index (χ3n) is 2.43. The summed E-state index contributed by atoms with van der Waals surface area (Å²) in [5.74, 6) is 0.403. The second-order valence-corrected chi connectivity index (χ2v) is 4.01. The van der Waals surface area contributed by atoms with Gasteiger partial charge in [-0.05, 0) is 24.1 Å². The molecular formula is C11H19N3O. The number of nitrogens with zero attached hydrogens (tertiary/aromatic N) is 1. The van der Waals surface area contributed by atoms with Crippen LogP contribution in [0.2, 0.25) is 0 Å². The van der Waals surface area contributed by atoms with Crippen LogP contribution in [0.15, 0.2) is 18.5 Å². The van der Waals surface area contributed by atoms with E-state index in [-0.39, 0.29) is 11.8 Å². The first kappa shape index (κ1) is 11.8. The summed E-state index contributed by atoms with van der Waals surface area (Å²) in [5.41, 5.74) is 6.60. The van der Waals surface area contributed by atoms with Crippen molar-refractivity contribution in [3.63, 3.8) is 0 Å². The van der Waals surface area contributed by atoms with Crippen LogP contribution in [0.25, 0.3) is 0 Å². The first-order valence-electron chi connectivity index (χ1n) is 5.19.